The maximum Gasteiger partial charge on any atom is 0.267 e. The second-order valence-corrected chi connectivity index (χ2v) is 11.4. The molecule has 1 aromatic carbocycles. The summed E-state index contributed by atoms with van der Waals surface area (Å²) in [5.74, 6) is 0.178. The molecule has 1 aromatic heterocycles. The fourth-order valence-electron chi connectivity index (χ4n) is 3.67. The van der Waals surface area contributed by atoms with Crippen molar-refractivity contribution in [2.45, 2.75) is 39.5 Å². The molecule has 30 heavy (non-hydrogen) atoms. The summed E-state index contributed by atoms with van der Waals surface area (Å²) in [6, 6.07) is 11.7. The van der Waals surface area contributed by atoms with Gasteiger partial charge in [-0.25, -0.2) is 12.7 Å². The van der Waals surface area contributed by atoms with E-state index in [0.717, 1.165) is 17.6 Å². The van der Waals surface area contributed by atoms with Gasteiger partial charge < -0.3 is 4.98 Å². The van der Waals surface area contributed by atoms with Gasteiger partial charge >= 0.3 is 0 Å². The molecular formula is C23H29ClN2O3S. The molecule has 1 saturated heterocycles. The first-order chi connectivity index (χ1) is 14.0. The number of pyridine rings is 1. The van der Waals surface area contributed by atoms with Crippen LogP contribution in [0.2, 0.25) is 5.02 Å². The Kier molecular flexibility index (Phi) is 6.60. The van der Waals surface area contributed by atoms with Gasteiger partial charge in [0.25, 0.3) is 5.56 Å². The van der Waals surface area contributed by atoms with Crippen molar-refractivity contribution >= 4 is 27.2 Å². The molecule has 5 nitrogen and oxygen atoms in total. The summed E-state index contributed by atoms with van der Waals surface area (Å²) >= 11 is 5.92. The van der Waals surface area contributed by atoms with E-state index in [2.05, 4.69) is 56.1 Å². The highest BCUT2D eigenvalue weighted by Crippen LogP contribution is 2.30. The lowest BCUT2D eigenvalue weighted by atomic mass is 9.85. The molecule has 2 heterocycles. The van der Waals surface area contributed by atoms with Crippen LogP contribution >= 0.6 is 11.6 Å². The normalized spacial score (nSPS) is 18.7. The molecule has 0 saturated carbocycles. The van der Waals surface area contributed by atoms with Gasteiger partial charge in [-0.05, 0) is 47.9 Å². The van der Waals surface area contributed by atoms with Gasteiger partial charge in [0.05, 0.1) is 5.75 Å². The number of benzene rings is 1. The number of aromatic nitrogens is 1. The highest BCUT2D eigenvalue weighted by atomic mass is 35.5. The van der Waals surface area contributed by atoms with Gasteiger partial charge in [0.15, 0.2) is 0 Å². The van der Waals surface area contributed by atoms with Crippen LogP contribution in [-0.4, -0.2) is 36.5 Å². The van der Waals surface area contributed by atoms with E-state index in [-0.39, 0.29) is 27.7 Å². The zero-order chi connectivity index (χ0) is 22.1. The Labute approximate surface area is 183 Å². The van der Waals surface area contributed by atoms with Gasteiger partial charge in [0.1, 0.15) is 5.02 Å². The molecule has 0 bridgehead atoms. The van der Waals surface area contributed by atoms with Crippen molar-refractivity contribution in [1.29, 1.82) is 0 Å². The molecule has 162 valence electrons. The molecule has 1 atom stereocenters. The zero-order valence-electron chi connectivity index (χ0n) is 17.9. The first-order valence-corrected chi connectivity index (χ1v) is 12.2. The summed E-state index contributed by atoms with van der Waals surface area (Å²) < 4.78 is 26.0. The summed E-state index contributed by atoms with van der Waals surface area (Å²) in [5.41, 5.74) is 3.44. The summed E-state index contributed by atoms with van der Waals surface area (Å²) in [4.78, 5) is 15.0. The van der Waals surface area contributed by atoms with Crippen molar-refractivity contribution in [2.24, 2.45) is 5.92 Å². The Hall–Kier alpha value is -1.89. The minimum Gasteiger partial charge on any atom is -0.321 e. The summed E-state index contributed by atoms with van der Waals surface area (Å²) in [5, 5.41) is 0.141. The van der Waals surface area contributed by atoms with E-state index in [4.69, 9.17) is 11.6 Å². The lowest BCUT2D eigenvalue weighted by Crippen LogP contribution is -2.30. The molecule has 0 spiro atoms. The van der Waals surface area contributed by atoms with Crippen LogP contribution in [0.1, 0.15) is 50.9 Å². The van der Waals surface area contributed by atoms with Crippen molar-refractivity contribution in [3.8, 4) is 0 Å². The maximum absolute atomic E-state index is 12.2. The molecule has 0 aliphatic carbocycles. The molecule has 7 heteroatoms. The van der Waals surface area contributed by atoms with Gasteiger partial charge in [0.2, 0.25) is 10.0 Å². The molecule has 1 aliphatic heterocycles. The van der Waals surface area contributed by atoms with E-state index in [1.54, 1.807) is 23.4 Å². The Morgan fingerprint density at radius 2 is 1.87 bits per heavy atom. The van der Waals surface area contributed by atoms with E-state index < -0.39 is 10.0 Å². The highest BCUT2D eigenvalue weighted by Gasteiger charge is 2.29. The van der Waals surface area contributed by atoms with Crippen molar-refractivity contribution in [2.75, 3.05) is 18.8 Å². The average Bonchev–Trinajstić information content (AvgIpc) is 3.17. The fraction of sp³-hybridized carbons (Fsp3) is 0.435. The molecule has 3 rings (SSSR count). The van der Waals surface area contributed by atoms with Crippen molar-refractivity contribution < 1.29 is 8.42 Å². The van der Waals surface area contributed by atoms with Crippen molar-refractivity contribution in [3.05, 3.63) is 74.7 Å². The van der Waals surface area contributed by atoms with Crippen LogP contribution in [0.4, 0.5) is 0 Å². The maximum atomic E-state index is 12.2. The third kappa shape index (κ3) is 5.05. The molecular weight excluding hydrogens is 420 g/mol. The lowest BCUT2D eigenvalue weighted by Gasteiger charge is -2.20. The number of sulfonamides is 1. The van der Waals surface area contributed by atoms with Gasteiger partial charge in [-0.15, -0.1) is 0 Å². The Morgan fingerprint density at radius 1 is 1.20 bits per heavy atom. The fourth-order valence-corrected chi connectivity index (χ4v) is 4.94. The molecule has 1 fully saturated rings. The number of hydrogen-bond acceptors (Lipinski definition) is 3. The number of aromatic amines is 1. The smallest absolute Gasteiger partial charge is 0.267 e. The van der Waals surface area contributed by atoms with E-state index in [1.807, 2.05) is 0 Å². The second-order valence-electron chi connectivity index (χ2n) is 8.76. The Balaban J connectivity index is 2.01. The summed E-state index contributed by atoms with van der Waals surface area (Å²) in [6.07, 6.45) is 2.83. The van der Waals surface area contributed by atoms with E-state index >= 15 is 0 Å². The standard InChI is InChI=1S/C23H29ClN2O3S/c1-5-30(28,29)26-13-12-16(15-26)14-19(21-11-10-20(24)22(27)25-21)17-6-8-18(9-7-17)23(2,3)4/h6-11,14,16H,5,12-13,15H2,1-4H3,(H,25,27)/t16-/m1/s1. The van der Waals surface area contributed by atoms with Crippen molar-refractivity contribution in [3.63, 3.8) is 0 Å². The zero-order valence-corrected chi connectivity index (χ0v) is 19.5. The van der Waals surface area contributed by atoms with Crippen molar-refractivity contribution in [1.82, 2.24) is 9.29 Å². The lowest BCUT2D eigenvalue weighted by molar-refractivity contribution is 0.471. The first-order valence-electron chi connectivity index (χ1n) is 10.2. The second kappa shape index (κ2) is 8.69. The molecule has 1 N–H and O–H groups in total. The van der Waals surface area contributed by atoms with Crippen LogP contribution in [0.3, 0.4) is 0 Å². The van der Waals surface area contributed by atoms with Crippen LogP contribution in [0.5, 0.6) is 0 Å². The predicted octanol–water partition coefficient (Wildman–Crippen LogP) is 4.43. The van der Waals surface area contributed by atoms with E-state index in [0.29, 0.717) is 18.8 Å². The predicted molar refractivity (Wildman–Crippen MR) is 123 cm³/mol. The number of hydrogen-bond donors (Lipinski definition) is 1. The number of nitrogens with one attached hydrogen (secondary N) is 1. The number of halogens is 1. The summed E-state index contributed by atoms with van der Waals surface area (Å²) in [7, 11) is -3.20. The van der Waals surface area contributed by atoms with Gasteiger partial charge in [-0.3, -0.25) is 4.79 Å². The SMILES string of the molecule is CCS(=O)(=O)N1CC[C@H](C=C(c2ccc(C(C)(C)C)cc2)c2ccc(Cl)c(=O)[nH]2)C1. The third-order valence-corrected chi connectivity index (χ3v) is 7.71. The monoisotopic (exact) mass is 448 g/mol. The van der Waals surface area contributed by atoms with Gasteiger partial charge in [0, 0.05) is 24.4 Å². The highest BCUT2D eigenvalue weighted by molar-refractivity contribution is 7.89. The van der Waals surface area contributed by atoms with Crippen LogP contribution in [0.15, 0.2) is 47.3 Å². The minimum atomic E-state index is -3.20. The Bertz CT molecular complexity index is 1100. The topological polar surface area (TPSA) is 70.2 Å². The van der Waals surface area contributed by atoms with Gasteiger partial charge in [-0.1, -0.05) is 62.7 Å². The van der Waals surface area contributed by atoms with Crippen LogP contribution < -0.4 is 5.56 Å². The molecule has 2 aromatic rings. The summed E-state index contributed by atoms with van der Waals surface area (Å²) in [6.45, 7) is 9.13. The molecule has 1 aliphatic rings. The van der Waals surface area contributed by atoms with Crippen LogP contribution in [-0.2, 0) is 15.4 Å². The first kappa shape index (κ1) is 22.8. The van der Waals surface area contributed by atoms with E-state index in [1.165, 1.54) is 5.56 Å². The minimum absolute atomic E-state index is 0.0391. The number of nitrogens with zero attached hydrogens (tertiary/aromatic N) is 1. The molecule has 0 radical (unpaired) electrons. The quantitative estimate of drug-likeness (QED) is 0.735. The number of rotatable bonds is 5. The number of H-pyrrole nitrogens is 1. The largest absolute Gasteiger partial charge is 0.321 e. The average molecular weight is 449 g/mol. The Morgan fingerprint density at radius 3 is 2.43 bits per heavy atom. The van der Waals surface area contributed by atoms with E-state index in [9.17, 15) is 13.2 Å². The molecule has 0 amide bonds. The third-order valence-electron chi connectivity index (χ3n) is 5.56. The molecule has 0 unspecified atom stereocenters. The van der Waals surface area contributed by atoms with Crippen LogP contribution in [0.25, 0.3) is 5.57 Å². The van der Waals surface area contributed by atoms with Gasteiger partial charge in [-0.2, -0.15) is 0 Å². The van der Waals surface area contributed by atoms with Crippen LogP contribution in [0, 0.1) is 5.92 Å².